The summed E-state index contributed by atoms with van der Waals surface area (Å²) in [5, 5.41) is 5.09. The van der Waals surface area contributed by atoms with E-state index < -0.39 is 0 Å². The average molecular weight is 330 g/mol. The summed E-state index contributed by atoms with van der Waals surface area (Å²) >= 11 is 1.64. The third-order valence-electron chi connectivity index (χ3n) is 4.03. The van der Waals surface area contributed by atoms with E-state index in [0.29, 0.717) is 13.1 Å². The van der Waals surface area contributed by atoms with Crippen LogP contribution in [0.3, 0.4) is 0 Å². The van der Waals surface area contributed by atoms with Crippen LogP contribution in [0.1, 0.15) is 11.3 Å². The predicted molar refractivity (Wildman–Crippen MR) is 92.1 cm³/mol. The second kappa shape index (κ2) is 8.19. The van der Waals surface area contributed by atoms with Gasteiger partial charge in [-0.05, 0) is 5.56 Å². The summed E-state index contributed by atoms with van der Waals surface area (Å²) in [7, 11) is 0. The fraction of sp³-hybridized carbons (Fsp3) is 0.412. The molecule has 0 saturated carbocycles. The van der Waals surface area contributed by atoms with Gasteiger partial charge >= 0.3 is 0 Å². The maximum absolute atomic E-state index is 12.0. The zero-order valence-corrected chi connectivity index (χ0v) is 14.0. The molecule has 2 aromatic rings. The SMILES string of the molecule is O=C(CN1CCN(Cc2cscn2)CC1)NCc1ccccc1. The molecule has 0 bridgehead atoms. The van der Waals surface area contributed by atoms with Gasteiger partial charge < -0.3 is 5.32 Å². The van der Waals surface area contributed by atoms with Crippen LogP contribution in [0.5, 0.6) is 0 Å². The maximum atomic E-state index is 12.0. The number of aromatic nitrogens is 1. The second-order valence-corrected chi connectivity index (χ2v) is 6.51. The minimum atomic E-state index is 0.0989. The van der Waals surface area contributed by atoms with E-state index >= 15 is 0 Å². The Morgan fingerprint density at radius 3 is 2.57 bits per heavy atom. The third kappa shape index (κ3) is 5.13. The number of nitrogens with one attached hydrogen (secondary N) is 1. The number of amides is 1. The van der Waals surface area contributed by atoms with E-state index in [9.17, 15) is 4.79 Å². The molecule has 1 aromatic heterocycles. The third-order valence-corrected chi connectivity index (χ3v) is 4.67. The second-order valence-electron chi connectivity index (χ2n) is 5.79. The molecule has 0 radical (unpaired) electrons. The molecular formula is C17H22N4OS. The standard InChI is InChI=1S/C17H22N4OS/c22-17(18-10-15-4-2-1-3-5-15)12-21-8-6-20(7-9-21)11-16-13-23-14-19-16/h1-5,13-14H,6-12H2,(H,18,22). The van der Waals surface area contributed by atoms with Gasteiger partial charge in [0.05, 0.1) is 17.7 Å². The van der Waals surface area contributed by atoms with Crippen LogP contribution in [0, 0.1) is 0 Å². The Morgan fingerprint density at radius 1 is 1.13 bits per heavy atom. The molecule has 5 nitrogen and oxygen atoms in total. The Morgan fingerprint density at radius 2 is 1.87 bits per heavy atom. The van der Waals surface area contributed by atoms with Gasteiger partial charge in [-0.15, -0.1) is 11.3 Å². The quantitative estimate of drug-likeness (QED) is 0.874. The fourth-order valence-corrected chi connectivity index (χ4v) is 3.26. The van der Waals surface area contributed by atoms with Crippen LogP contribution >= 0.6 is 11.3 Å². The highest BCUT2D eigenvalue weighted by molar-refractivity contribution is 7.07. The summed E-state index contributed by atoms with van der Waals surface area (Å²) in [5.74, 6) is 0.0989. The highest BCUT2D eigenvalue weighted by atomic mass is 32.1. The van der Waals surface area contributed by atoms with E-state index in [1.165, 1.54) is 0 Å². The average Bonchev–Trinajstić information content (AvgIpc) is 3.09. The highest BCUT2D eigenvalue weighted by Gasteiger charge is 2.19. The first kappa shape index (κ1) is 16.1. The van der Waals surface area contributed by atoms with Crippen molar-refractivity contribution in [3.05, 3.63) is 52.5 Å². The summed E-state index contributed by atoms with van der Waals surface area (Å²) < 4.78 is 0. The molecule has 0 unspecified atom stereocenters. The molecule has 2 heterocycles. The molecule has 1 aliphatic heterocycles. The van der Waals surface area contributed by atoms with Crippen LogP contribution < -0.4 is 5.32 Å². The Bertz CT molecular complexity index is 594. The van der Waals surface area contributed by atoms with Crippen molar-refractivity contribution >= 4 is 17.2 Å². The Labute approximate surface area is 140 Å². The maximum Gasteiger partial charge on any atom is 0.234 e. The first-order valence-corrected chi connectivity index (χ1v) is 8.86. The molecule has 0 atom stereocenters. The number of carbonyl (C=O) groups excluding carboxylic acids is 1. The van der Waals surface area contributed by atoms with E-state index in [1.807, 2.05) is 35.8 Å². The van der Waals surface area contributed by atoms with E-state index in [-0.39, 0.29) is 5.91 Å². The number of hydrogen-bond acceptors (Lipinski definition) is 5. The lowest BCUT2D eigenvalue weighted by Gasteiger charge is -2.33. The minimum absolute atomic E-state index is 0.0989. The summed E-state index contributed by atoms with van der Waals surface area (Å²) in [6, 6.07) is 10.0. The van der Waals surface area contributed by atoms with Gasteiger partial charge in [-0.1, -0.05) is 30.3 Å². The Hall–Kier alpha value is -1.76. The lowest BCUT2D eigenvalue weighted by Crippen LogP contribution is -2.49. The molecule has 6 heteroatoms. The van der Waals surface area contributed by atoms with E-state index in [4.69, 9.17) is 0 Å². The predicted octanol–water partition coefficient (Wildman–Crippen LogP) is 1.58. The van der Waals surface area contributed by atoms with Gasteiger partial charge in [-0.3, -0.25) is 14.6 Å². The van der Waals surface area contributed by atoms with E-state index in [1.54, 1.807) is 11.3 Å². The van der Waals surface area contributed by atoms with Crippen molar-refractivity contribution in [2.24, 2.45) is 0 Å². The normalized spacial score (nSPS) is 16.3. The zero-order valence-electron chi connectivity index (χ0n) is 13.1. The van der Waals surface area contributed by atoms with Crippen LogP contribution in [0.15, 0.2) is 41.2 Å². The molecule has 1 aromatic carbocycles. The first-order chi connectivity index (χ1) is 11.3. The summed E-state index contributed by atoms with van der Waals surface area (Å²) in [5.41, 5.74) is 4.15. The van der Waals surface area contributed by atoms with Crippen molar-refractivity contribution in [2.75, 3.05) is 32.7 Å². The van der Waals surface area contributed by atoms with Gasteiger partial charge in [0.2, 0.25) is 5.91 Å². The number of nitrogens with zero attached hydrogens (tertiary/aromatic N) is 3. The molecular weight excluding hydrogens is 308 g/mol. The van der Waals surface area contributed by atoms with Crippen LogP contribution in [-0.2, 0) is 17.9 Å². The Balaban J connectivity index is 1.36. The smallest absolute Gasteiger partial charge is 0.234 e. The Kier molecular flexibility index (Phi) is 5.74. The van der Waals surface area contributed by atoms with Crippen molar-refractivity contribution in [1.82, 2.24) is 20.1 Å². The molecule has 0 aliphatic carbocycles. The van der Waals surface area contributed by atoms with Crippen molar-refractivity contribution in [1.29, 1.82) is 0 Å². The molecule has 1 saturated heterocycles. The number of hydrogen-bond donors (Lipinski definition) is 1. The minimum Gasteiger partial charge on any atom is -0.351 e. The van der Waals surface area contributed by atoms with Crippen molar-refractivity contribution in [2.45, 2.75) is 13.1 Å². The van der Waals surface area contributed by atoms with Gasteiger partial charge in [0.25, 0.3) is 0 Å². The van der Waals surface area contributed by atoms with Crippen LogP contribution in [0.4, 0.5) is 0 Å². The largest absolute Gasteiger partial charge is 0.351 e. The summed E-state index contributed by atoms with van der Waals surface area (Å²) in [4.78, 5) is 21.0. The molecule has 0 spiro atoms. The first-order valence-electron chi connectivity index (χ1n) is 7.92. The van der Waals surface area contributed by atoms with Crippen LogP contribution in [0.2, 0.25) is 0 Å². The fourth-order valence-electron chi connectivity index (χ4n) is 2.71. The number of rotatable bonds is 6. The number of carbonyl (C=O) groups is 1. The van der Waals surface area contributed by atoms with E-state index in [2.05, 4.69) is 25.5 Å². The van der Waals surface area contributed by atoms with E-state index in [0.717, 1.165) is 44.0 Å². The molecule has 1 N–H and O–H groups in total. The highest BCUT2D eigenvalue weighted by Crippen LogP contribution is 2.08. The molecule has 23 heavy (non-hydrogen) atoms. The molecule has 122 valence electrons. The molecule has 3 rings (SSSR count). The molecule has 1 fully saturated rings. The van der Waals surface area contributed by atoms with Gasteiger partial charge in [0.15, 0.2) is 0 Å². The van der Waals surface area contributed by atoms with Gasteiger partial charge in [0, 0.05) is 44.6 Å². The summed E-state index contributed by atoms with van der Waals surface area (Å²) in [6.45, 7) is 5.84. The summed E-state index contributed by atoms with van der Waals surface area (Å²) in [6.07, 6.45) is 0. The number of piperazine rings is 1. The van der Waals surface area contributed by atoms with Crippen molar-refractivity contribution < 1.29 is 4.79 Å². The van der Waals surface area contributed by atoms with Gasteiger partial charge in [-0.2, -0.15) is 0 Å². The topological polar surface area (TPSA) is 48.5 Å². The number of thiazole rings is 1. The lowest BCUT2D eigenvalue weighted by molar-refractivity contribution is -0.122. The van der Waals surface area contributed by atoms with Gasteiger partial charge in [-0.25, -0.2) is 4.98 Å². The number of benzene rings is 1. The molecule has 1 amide bonds. The lowest BCUT2D eigenvalue weighted by atomic mass is 10.2. The van der Waals surface area contributed by atoms with Crippen LogP contribution in [-0.4, -0.2) is 53.4 Å². The van der Waals surface area contributed by atoms with Crippen LogP contribution in [0.25, 0.3) is 0 Å². The van der Waals surface area contributed by atoms with Crippen molar-refractivity contribution in [3.8, 4) is 0 Å². The van der Waals surface area contributed by atoms with Gasteiger partial charge in [0.1, 0.15) is 0 Å². The zero-order chi connectivity index (χ0) is 15.9. The van der Waals surface area contributed by atoms with Crippen molar-refractivity contribution in [3.63, 3.8) is 0 Å². The molecule has 1 aliphatic rings. The monoisotopic (exact) mass is 330 g/mol.